The third-order valence-electron chi connectivity index (χ3n) is 2.99. The standard InChI is InChI=1S/C14H12ClN3O2/c1-8-5-10(15)14(19)13(6-8)18-16-11-4-3-9(20-2)7-12(11)17-18/h3-7,19H,1-2H3. The molecule has 1 N–H and O–H groups in total. The van der Waals surface area contributed by atoms with Crippen LogP contribution in [-0.4, -0.2) is 27.2 Å². The molecule has 0 spiro atoms. The van der Waals surface area contributed by atoms with Crippen LogP contribution in [0.15, 0.2) is 30.3 Å². The number of aryl methyl sites for hydroxylation is 1. The summed E-state index contributed by atoms with van der Waals surface area (Å²) in [6.07, 6.45) is 0. The number of hydrogen-bond donors (Lipinski definition) is 1. The summed E-state index contributed by atoms with van der Waals surface area (Å²) in [6, 6.07) is 8.87. The highest BCUT2D eigenvalue weighted by molar-refractivity contribution is 6.32. The Balaban J connectivity index is 2.20. The molecular weight excluding hydrogens is 278 g/mol. The van der Waals surface area contributed by atoms with E-state index in [9.17, 15) is 5.11 Å². The Labute approximate surface area is 120 Å². The predicted octanol–water partition coefficient (Wildman–Crippen LogP) is 3.10. The zero-order valence-electron chi connectivity index (χ0n) is 11.0. The van der Waals surface area contributed by atoms with Crippen LogP contribution in [0.1, 0.15) is 5.56 Å². The highest BCUT2D eigenvalue weighted by Crippen LogP contribution is 2.31. The van der Waals surface area contributed by atoms with Crippen LogP contribution in [-0.2, 0) is 0 Å². The van der Waals surface area contributed by atoms with E-state index in [1.807, 2.05) is 19.1 Å². The van der Waals surface area contributed by atoms with Crippen molar-refractivity contribution in [2.24, 2.45) is 0 Å². The topological polar surface area (TPSA) is 60.2 Å². The molecule has 0 atom stereocenters. The molecule has 0 unspecified atom stereocenters. The van der Waals surface area contributed by atoms with Crippen molar-refractivity contribution in [3.05, 3.63) is 40.9 Å². The number of aromatic nitrogens is 3. The van der Waals surface area contributed by atoms with Crippen molar-refractivity contribution in [2.45, 2.75) is 6.92 Å². The molecule has 3 rings (SSSR count). The van der Waals surface area contributed by atoms with Gasteiger partial charge in [0, 0.05) is 6.07 Å². The Kier molecular flexibility index (Phi) is 2.99. The number of aromatic hydroxyl groups is 1. The Morgan fingerprint density at radius 3 is 2.65 bits per heavy atom. The van der Waals surface area contributed by atoms with Crippen molar-refractivity contribution in [2.75, 3.05) is 7.11 Å². The summed E-state index contributed by atoms with van der Waals surface area (Å²) in [6.45, 7) is 1.89. The summed E-state index contributed by atoms with van der Waals surface area (Å²) < 4.78 is 5.15. The van der Waals surface area contributed by atoms with Crippen LogP contribution >= 0.6 is 11.6 Å². The zero-order chi connectivity index (χ0) is 14.3. The summed E-state index contributed by atoms with van der Waals surface area (Å²) >= 11 is 5.98. The van der Waals surface area contributed by atoms with Crippen molar-refractivity contribution in [3.63, 3.8) is 0 Å². The lowest BCUT2D eigenvalue weighted by Gasteiger charge is -2.06. The van der Waals surface area contributed by atoms with E-state index in [-0.39, 0.29) is 10.8 Å². The lowest BCUT2D eigenvalue weighted by atomic mass is 10.2. The molecule has 0 saturated carbocycles. The Bertz CT molecular complexity index is 798. The Morgan fingerprint density at radius 2 is 1.90 bits per heavy atom. The van der Waals surface area contributed by atoms with Crippen molar-refractivity contribution < 1.29 is 9.84 Å². The Hall–Kier alpha value is -2.27. The number of hydrogen-bond acceptors (Lipinski definition) is 4. The van der Waals surface area contributed by atoms with E-state index in [4.69, 9.17) is 16.3 Å². The minimum Gasteiger partial charge on any atom is -0.504 e. The van der Waals surface area contributed by atoms with Gasteiger partial charge in [-0.05, 0) is 36.8 Å². The zero-order valence-corrected chi connectivity index (χ0v) is 11.7. The molecule has 0 amide bonds. The van der Waals surface area contributed by atoms with E-state index in [0.717, 1.165) is 5.56 Å². The molecule has 0 radical (unpaired) electrons. The minimum atomic E-state index is -0.0375. The van der Waals surface area contributed by atoms with E-state index in [0.29, 0.717) is 22.5 Å². The monoisotopic (exact) mass is 289 g/mol. The lowest BCUT2D eigenvalue weighted by Crippen LogP contribution is -1.99. The van der Waals surface area contributed by atoms with Crippen LogP contribution < -0.4 is 4.74 Å². The fourth-order valence-corrected chi connectivity index (χ4v) is 2.27. The second kappa shape index (κ2) is 4.68. The number of halogens is 1. The smallest absolute Gasteiger partial charge is 0.161 e. The minimum absolute atomic E-state index is 0.0375. The van der Waals surface area contributed by atoms with Gasteiger partial charge in [0.15, 0.2) is 5.75 Å². The maximum absolute atomic E-state index is 10.0. The number of phenols is 1. The molecule has 1 aromatic heterocycles. The van der Waals surface area contributed by atoms with Gasteiger partial charge < -0.3 is 9.84 Å². The third-order valence-corrected chi connectivity index (χ3v) is 3.28. The first kappa shape index (κ1) is 12.7. The van der Waals surface area contributed by atoms with Gasteiger partial charge in [-0.1, -0.05) is 11.6 Å². The van der Waals surface area contributed by atoms with E-state index >= 15 is 0 Å². The summed E-state index contributed by atoms with van der Waals surface area (Å²) in [5, 5.41) is 19.0. The van der Waals surface area contributed by atoms with Crippen LogP contribution in [0.3, 0.4) is 0 Å². The number of methoxy groups -OCH3 is 1. The van der Waals surface area contributed by atoms with Crippen LogP contribution in [0.25, 0.3) is 16.7 Å². The molecule has 102 valence electrons. The molecule has 0 saturated heterocycles. The number of ether oxygens (including phenoxy) is 1. The van der Waals surface area contributed by atoms with Crippen LogP contribution in [0.2, 0.25) is 5.02 Å². The number of fused-ring (bicyclic) bond motifs is 1. The molecule has 5 nitrogen and oxygen atoms in total. The fraction of sp³-hybridized carbons (Fsp3) is 0.143. The third kappa shape index (κ3) is 2.06. The van der Waals surface area contributed by atoms with Crippen molar-refractivity contribution in [3.8, 4) is 17.2 Å². The average Bonchev–Trinajstić information content (AvgIpc) is 2.85. The molecule has 0 bridgehead atoms. The molecule has 20 heavy (non-hydrogen) atoms. The van der Waals surface area contributed by atoms with Gasteiger partial charge >= 0.3 is 0 Å². The first-order chi connectivity index (χ1) is 9.58. The van der Waals surface area contributed by atoms with Crippen molar-refractivity contribution >= 4 is 22.6 Å². The van der Waals surface area contributed by atoms with Crippen LogP contribution in [0.4, 0.5) is 0 Å². The molecular formula is C14H12ClN3O2. The van der Waals surface area contributed by atoms with E-state index in [1.54, 1.807) is 25.3 Å². The molecule has 0 fully saturated rings. The van der Waals surface area contributed by atoms with Crippen molar-refractivity contribution in [1.82, 2.24) is 15.0 Å². The summed E-state index contributed by atoms with van der Waals surface area (Å²) in [7, 11) is 1.59. The quantitative estimate of drug-likeness (QED) is 0.787. The summed E-state index contributed by atoms with van der Waals surface area (Å²) in [4.78, 5) is 1.37. The van der Waals surface area contributed by atoms with Gasteiger partial charge in [0.1, 0.15) is 22.5 Å². The summed E-state index contributed by atoms with van der Waals surface area (Å²) in [5.74, 6) is 0.667. The molecule has 1 heterocycles. The van der Waals surface area contributed by atoms with Gasteiger partial charge in [-0.2, -0.15) is 0 Å². The molecule has 6 heteroatoms. The van der Waals surface area contributed by atoms with Crippen molar-refractivity contribution in [1.29, 1.82) is 0 Å². The second-order valence-corrected chi connectivity index (χ2v) is 4.87. The number of nitrogens with zero attached hydrogens (tertiary/aromatic N) is 3. The first-order valence-corrected chi connectivity index (χ1v) is 6.37. The van der Waals surface area contributed by atoms with E-state index in [2.05, 4.69) is 10.2 Å². The average molecular weight is 290 g/mol. The SMILES string of the molecule is COc1ccc2nn(-c3cc(C)cc(Cl)c3O)nc2c1. The van der Waals surface area contributed by atoms with Gasteiger partial charge in [-0.25, -0.2) is 0 Å². The van der Waals surface area contributed by atoms with Gasteiger partial charge in [-0.3, -0.25) is 0 Å². The molecule has 0 aliphatic rings. The fourth-order valence-electron chi connectivity index (χ4n) is 2.00. The molecule has 2 aromatic carbocycles. The van der Waals surface area contributed by atoms with Gasteiger partial charge in [0.05, 0.1) is 12.1 Å². The molecule has 0 aliphatic heterocycles. The largest absolute Gasteiger partial charge is 0.504 e. The number of phenolic OH excluding ortho intramolecular Hbond substituents is 1. The van der Waals surface area contributed by atoms with E-state index in [1.165, 1.54) is 4.80 Å². The van der Waals surface area contributed by atoms with Gasteiger partial charge in [-0.15, -0.1) is 15.0 Å². The maximum atomic E-state index is 10.0. The van der Waals surface area contributed by atoms with E-state index < -0.39 is 0 Å². The first-order valence-electron chi connectivity index (χ1n) is 5.99. The number of benzene rings is 2. The van der Waals surface area contributed by atoms with Gasteiger partial charge in [0.2, 0.25) is 0 Å². The highest BCUT2D eigenvalue weighted by Gasteiger charge is 2.12. The van der Waals surface area contributed by atoms with Crippen LogP contribution in [0.5, 0.6) is 11.5 Å². The Morgan fingerprint density at radius 1 is 1.15 bits per heavy atom. The highest BCUT2D eigenvalue weighted by atomic mass is 35.5. The van der Waals surface area contributed by atoms with Crippen LogP contribution in [0, 0.1) is 6.92 Å². The normalized spacial score (nSPS) is 10.9. The second-order valence-electron chi connectivity index (χ2n) is 4.46. The molecule has 3 aromatic rings. The maximum Gasteiger partial charge on any atom is 0.161 e. The predicted molar refractivity (Wildman–Crippen MR) is 76.8 cm³/mol. The summed E-state index contributed by atoms with van der Waals surface area (Å²) in [5.41, 5.74) is 2.76. The lowest BCUT2D eigenvalue weighted by molar-refractivity contribution is 0.415. The number of rotatable bonds is 2. The van der Waals surface area contributed by atoms with Gasteiger partial charge in [0.25, 0.3) is 0 Å². The molecule has 0 aliphatic carbocycles.